The van der Waals surface area contributed by atoms with Gasteiger partial charge in [0.1, 0.15) is 23.2 Å². The van der Waals surface area contributed by atoms with Crippen molar-refractivity contribution in [2.45, 2.75) is 95.6 Å². The maximum absolute atomic E-state index is 14.4. The van der Waals surface area contributed by atoms with Crippen LogP contribution in [0.15, 0.2) is 72.8 Å². The van der Waals surface area contributed by atoms with Gasteiger partial charge in [0.05, 0.1) is 12.1 Å². The number of carbonyl (C=O) groups is 3. The molecule has 3 aromatic carbocycles. The van der Waals surface area contributed by atoms with Crippen molar-refractivity contribution in [2.24, 2.45) is 5.92 Å². The number of carbonyl (C=O) groups excluding carboxylic acids is 3. The molecule has 3 unspecified atom stereocenters. The van der Waals surface area contributed by atoms with Crippen LogP contribution in [-0.2, 0) is 40.2 Å². The average molecular weight is 661 g/mol. The topological polar surface area (TPSA) is 111 Å². The van der Waals surface area contributed by atoms with Gasteiger partial charge in [-0.3, -0.25) is 14.4 Å². The third-order valence-corrected chi connectivity index (χ3v) is 10.1. The number of hydrogen-bond acceptors (Lipinski definition) is 5. The Hall–Kier alpha value is -4.15. The Balaban J connectivity index is 1.45. The summed E-state index contributed by atoms with van der Waals surface area (Å²) in [6.45, 7) is 6.06. The summed E-state index contributed by atoms with van der Waals surface area (Å²) in [5, 5.41) is 21.1. The molecule has 0 spiro atoms. The Labute approximate surface area is 281 Å². The number of likely N-dealkylation sites (tertiary alicyclic amines) is 1. The maximum Gasteiger partial charge on any atom is 0.249 e. The molecule has 0 aliphatic carbocycles. The quantitative estimate of drug-likeness (QED) is 0.220. The molecule has 2 aliphatic rings. The molecule has 0 radical (unpaired) electrons. The third-order valence-electron chi connectivity index (χ3n) is 10.1. The molecule has 48 heavy (non-hydrogen) atoms. The summed E-state index contributed by atoms with van der Waals surface area (Å²) in [6, 6.07) is 18.4. The van der Waals surface area contributed by atoms with Gasteiger partial charge < -0.3 is 26.0 Å². The molecule has 0 aromatic heterocycles. The minimum Gasteiger partial charge on any atom is -0.389 e. The van der Waals surface area contributed by atoms with E-state index in [0.29, 0.717) is 38.6 Å². The van der Waals surface area contributed by atoms with Gasteiger partial charge in [-0.1, -0.05) is 74.9 Å². The van der Waals surface area contributed by atoms with Gasteiger partial charge >= 0.3 is 0 Å². The molecular formula is C38H46F2N4O4. The summed E-state index contributed by atoms with van der Waals surface area (Å²) in [5.74, 6) is -2.78. The third kappa shape index (κ3) is 7.93. The Morgan fingerprint density at radius 1 is 1.02 bits per heavy atom. The number of aliphatic hydroxyl groups excluding tert-OH is 1. The van der Waals surface area contributed by atoms with E-state index in [1.807, 2.05) is 68.4 Å². The van der Waals surface area contributed by atoms with E-state index in [-0.39, 0.29) is 36.3 Å². The molecule has 10 heteroatoms. The largest absolute Gasteiger partial charge is 0.389 e. The molecule has 256 valence electrons. The van der Waals surface area contributed by atoms with E-state index >= 15 is 0 Å². The fourth-order valence-electron chi connectivity index (χ4n) is 7.31. The van der Waals surface area contributed by atoms with Crippen LogP contribution in [0.4, 0.5) is 8.78 Å². The lowest BCUT2D eigenvalue weighted by atomic mass is 9.81. The molecule has 5 rings (SSSR count). The summed E-state index contributed by atoms with van der Waals surface area (Å²) < 4.78 is 28.6. The lowest BCUT2D eigenvalue weighted by Gasteiger charge is -2.37. The first kappa shape index (κ1) is 35.2. The van der Waals surface area contributed by atoms with Crippen LogP contribution in [0.2, 0.25) is 0 Å². The first-order chi connectivity index (χ1) is 23.0. The lowest BCUT2D eigenvalue weighted by Crippen LogP contribution is -2.61. The number of amides is 3. The zero-order valence-electron chi connectivity index (χ0n) is 27.8. The van der Waals surface area contributed by atoms with Gasteiger partial charge in [-0.05, 0) is 72.4 Å². The van der Waals surface area contributed by atoms with Crippen molar-refractivity contribution in [1.82, 2.24) is 20.9 Å². The zero-order chi connectivity index (χ0) is 34.4. The Kier molecular flexibility index (Phi) is 11.3. The predicted octanol–water partition coefficient (Wildman–Crippen LogP) is 4.22. The van der Waals surface area contributed by atoms with E-state index in [9.17, 15) is 28.3 Å². The average Bonchev–Trinajstić information content (AvgIpc) is 3.38. The molecule has 3 amide bonds. The second kappa shape index (κ2) is 15.4. The highest BCUT2D eigenvalue weighted by Crippen LogP contribution is 2.34. The number of benzene rings is 3. The van der Waals surface area contributed by atoms with Gasteiger partial charge in [0.15, 0.2) is 0 Å². The van der Waals surface area contributed by atoms with Gasteiger partial charge in [0.25, 0.3) is 0 Å². The highest BCUT2D eigenvalue weighted by atomic mass is 19.1. The summed E-state index contributed by atoms with van der Waals surface area (Å²) >= 11 is 0. The Bertz CT molecular complexity index is 1580. The van der Waals surface area contributed by atoms with Crippen LogP contribution < -0.4 is 16.0 Å². The minimum atomic E-state index is -1.14. The fraction of sp³-hybridized carbons (Fsp3) is 0.447. The van der Waals surface area contributed by atoms with E-state index < -0.39 is 47.3 Å². The summed E-state index contributed by atoms with van der Waals surface area (Å²) in [7, 11) is 0. The summed E-state index contributed by atoms with van der Waals surface area (Å²) in [6.07, 6.45) is 1.14. The van der Waals surface area contributed by atoms with E-state index in [1.165, 1.54) is 19.1 Å². The van der Waals surface area contributed by atoms with Crippen LogP contribution in [0.3, 0.4) is 0 Å². The first-order valence-electron chi connectivity index (χ1n) is 16.9. The number of fused-ring (bicyclic) bond motifs is 1. The minimum absolute atomic E-state index is 0.0382. The molecule has 0 saturated carbocycles. The lowest BCUT2D eigenvalue weighted by molar-refractivity contribution is -0.144. The van der Waals surface area contributed by atoms with Crippen molar-refractivity contribution < 1.29 is 28.3 Å². The maximum atomic E-state index is 14.4. The SMILES string of the molecule is CC[C@@H](C)C1(NC(C)=O)CCN(C(CCc2ccccc2)C(=O)N[C@@H](Cc2cc(F)cc(F)c2)[C@H](O)C2Cc3ccccc3CN2)C1=O. The standard InChI is InChI=1S/C38H46F2N4O4/c1-4-24(2)38(43-25(3)45)16-17-44(37(38)48)34(15-14-26-10-6-5-7-11-26)36(47)42-33(20-27-18-30(39)22-31(40)19-27)35(46)32-21-28-12-8-9-13-29(28)23-41-32/h5-13,18-19,22,24,32-35,41,46H,4,14-17,20-21,23H2,1-3H3,(H,42,47)(H,43,45)/t24-,32?,33+,34?,35-,38?/m1/s1. The smallest absolute Gasteiger partial charge is 0.249 e. The monoisotopic (exact) mass is 660 g/mol. The molecule has 1 fully saturated rings. The van der Waals surface area contributed by atoms with E-state index in [0.717, 1.165) is 22.8 Å². The zero-order valence-corrected chi connectivity index (χ0v) is 27.8. The number of aliphatic hydroxyl groups is 1. The number of hydrogen-bond donors (Lipinski definition) is 4. The molecule has 3 aromatic rings. The van der Waals surface area contributed by atoms with Crippen LogP contribution in [0.1, 0.15) is 62.3 Å². The van der Waals surface area contributed by atoms with Gasteiger partial charge in [0, 0.05) is 32.1 Å². The highest BCUT2D eigenvalue weighted by Gasteiger charge is 2.53. The highest BCUT2D eigenvalue weighted by molar-refractivity contribution is 5.96. The molecule has 2 heterocycles. The van der Waals surface area contributed by atoms with Crippen molar-refractivity contribution in [3.8, 4) is 0 Å². The van der Waals surface area contributed by atoms with Crippen molar-refractivity contribution in [3.05, 3.63) is 107 Å². The van der Waals surface area contributed by atoms with Crippen molar-refractivity contribution in [3.63, 3.8) is 0 Å². The summed E-state index contributed by atoms with van der Waals surface area (Å²) in [5.41, 5.74) is 2.33. The van der Waals surface area contributed by atoms with Crippen molar-refractivity contribution >= 4 is 17.7 Å². The van der Waals surface area contributed by atoms with Crippen LogP contribution in [0.25, 0.3) is 0 Å². The predicted molar refractivity (Wildman–Crippen MR) is 180 cm³/mol. The normalized spacial score (nSPS) is 21.6. The van der Waals surface area contributed by atoms with E-state index in [1.54, 1.807) is 4.90 Å². The van der Waals surface area contributed by atoms with Crippen molar-refractivity contribution in [1.29, 1.82) is 0 Å². The van der Waals surface area contributed by atoms with Crippen LogP contribution >= 0.6 is 0 Å². The Morgan fingerprint density at radius 3 is 2.35 bits per heavy atom. The van der Waals surface area contributed by atoms with Gasteiger partial charge in [0.2, 0.25) is 17.7 Å². The van der Waals surface area contributed by atoms with Gasteiger partial charge in [-0.2, -0.15) is 0 Å². The molecule has 6 atom stereocenters. The number of rotatable bonds is 13. The number of nitrogens with zero attached hydrogens (tertiary/aromatic N) is 1. The fourth-order valence-corrected chi connectivity index (χ4v) is 7.31. The van der Waals surface area contributed by atoms with Crippen LogP contribution in [-0.4, -0.2) is 64.0 Å². The second-order valence-corrected chi connectivity index (χ2v) is 13.3. The molecule has 8 nitrogen and oxygen atoms in total. The van der Waals surface area contributed by atoms with E-state index in [2.05, 4.69) is 16.0 Å². The summed E-state index contributed by atoms with van der Waals surface area (Å²) in [4.78, 5) is 42.5. The number of halogens is 2. The molecular weight excluding hydrogens is 614 g/mol. The number of nitrogens with one attached hydrogen (secondary N) is 3. The van der Waals surface area contributed by atoms with E-state index in [4.69, 9.17) is 0 Å². The number of aryl methyl sites for hydroxylation is 1. The van der Waals surface area contributed by atoms with Gasteiger partial charge in [-0.15, -0.1) is 0 Å². The first-order valence-corrected chi connectivity index (χ1v) is 16.9. The van der Waals surface area contributed by atoms with Crippen LogP contribution in [0.5, 0.6) is 0 Å². The molecule has 1 saturated heterocycles. The molecule has 4 N–H and O–H groups in total. The van der Waals surface area contributed by atoms with Crippen molar-refractivity contribution in [2.75, 3.05) is 6.54 Å². The van der Waals surface area contributed by atoms with Gasteiger partial charge in [-0.25, -0.2) is 8.78 Å². The molecule has 2 aliphatic heterocycles. The Morgan fingerprint density at radius 2 is 1.69 bits per heavy atom. The van der Waals surface area contributed by atoms with Crippen LogP contribution in [0, 0.1) is 17.6 Å². The second-order valence-electron chi connectivity index (χ2n) is 13.3. The molecule has 0 bridgehead atoms.